The number of nitrogens with one attached hydrogen (secondary N) is 1. The van der Waals surface area contributed by atoms with Crippen molar-refractivity contribution in [3.63, 3.8) is 0 Å². The Hall–Kier alpha value is -3.37. The van der Waals surface area contributed by atoms with Crippen molar-refractivity contribution in [1.82, 2.24) is 0 Å². The Bertz CT molecular complexity index is 885. The number of aliphatic hydroxyl groups is 1. The van der Waals surface area contributed by atoms with E-state index in [1.807, 2.05) is 38.1 Å². The minimum Gasteiger partial charge on any atom is -0.452 e. The van der Waals surface area contributed by atoms with Crippen molar-refractivity contribution in [3.8, 4) is 6.07 Å². The number of nitriles is 1. The molecule has 0 heterocycles. The monoisotopic (exact) mass is 395 g/mol. The molecular formula is C22H25N3O4. The highest BCUT2D eigenvalue weighted by atomic mass is 16.5. The lowest BCUT2D eigenvalue weighted by Gasteiger charge is -2.23. The van der Waals surface area contributed by atoms with Gasteiger partial charge in [-0.2, -0.15) is 5.26 Å². The molecule has 2 aromatic rings. The van der Waals surface area contributed by atoms with Crippen LogP contribution in [0.2, 0.25) is 0 Å². The number of aryl methyl sites for hydroxylation is 2. The molecule has 0 bridgehead atoms. The molecule has 29 heavy (non-hydrogen) atoms. The first-order valence-corrected chi connectivity index (χ1v) is 9.32. The van der Waals surface area contributed by atoms with Crippen molar-refractivity contribution in [2.75, 3.05) is 36.5 Å². The van der Waals surface area contributed by atoms with Crippen LogP contribution in [0.3, 0.4) is 0 Å². The predicted octanol–water partition coefficient (Wildman–Crippen LogP) is 2.81. The van der Waals surface area contributed by atoms with E-state index in [1.54, 1.807) is 24.3 Å². The van der Waals surface area contributed by atoms with Crippen molar-refractivity contribution in [1.29, 1.82) is 5.26 Å². The van der Waals surface area contributed by atoms with Gasteiger partial charge in [-0.15, -0.1) is 0 Å². The summed E-state index contributed by atoms with van der Waals surface area (Å²) < 4.78 is 5.24. The van der Waals surface area contributed by atoms with E-state index >= 15 is 0 Å². The number of nitrogens with zero attached hydrogens (tertiary/aromatic N) is 2. The molecule has 2 N–H and O–H groups in total. The summed E-state index contributed by atoms with van der Waals surface area (Å²) in [6, 6.07) is 14.5. The van der Waals surface area contributed by atoms with E-state index < -0.39 is 18.5 Å². The van der Waals surface area contributed by atoms with Gasteiger partial charge in [0, 0.05) is 24.5 Å². The molecule has 7 heteroatoms. The molecule has 0 fully saturated rings. The highest BCUT2D eigenvalue weighted by molar-refractivity contribution is 5.99. The molecule has 0 saturated carbocycles. The SMILES string of the molecule is Cc1cc(C)cc(N(CCC#N)C(=O)COC(=O)c2ccccc2NCCO)c1. The molecule has 0 saturated heterocycles. The number of esters is 1. The number of anilines is 2. The average Bonchev–Trinajstić information content (AvgIpc) is 2.70. The first-order chi connectivity index (χ1) is 14.0. The third-order valence-corrected chi connectivity index (χ3v) is 4.17. The lowest BCUT2D eigenvalue weighted by Crippen LogP contribution is -2.35. The Kier molecular flexibility index (Phi) is 8.19. The summed E-state index contributed by atoms with van der Waals surface area (Å²) in [4.78, 5) is 26.7. The van der Waals surface area contributed by atoms with Crippen LogP contribution in [0.5, 0.6) is 0 Å². The second-order valence-electron chi connectivity index (χ2n) is 6.57. The maximum absolute atomic E-state index is 12.8. The minimum atomic E-state index is -0.639. The maximum atomic E-state index is 12.8. The number of aliphatic hydroxyl groups excluding tert-OH is 1. The van der Waals surface area contributed by atoms with E-state index in [0.717, 1.165) is 11.1 Å². The maximum Gasteiger partial charge on any atom is 0.340 e. The molecule has 0 atom stereocenters. The molecule has 0 spiro atoms. The van der Waals surface area contributed by atoms with Gasteiger partial charge in [0.15, 0.2) is 6.61 Å². The van der Waals surface area contributed by atoms with Crippen LogP contribution in [0.1, 0.15) is 27.9 Å². The molecule has 2 rings (SSSR count). The van der Waals surface area contributed by atoms with Gasteiger partial charge < -0.3 is 20.1 Å². The quantitative estimate of drug-likeness (QED) is 0.633. The third kappa shape index (κ3) is 6.33. The molecule has 0 aliphatic rings. The molecule has 0 aliphatic heterocycles. The second kappa shape index (κ2) is 10.8. The van der Waals surface area contributed by atoms with Gasteiger partial charge in [0.1, 0.15) is 0 Å². The summed E-state index contributed by atoms with van der Waals surface area (Å²) in [7, 11) is 0. The molecule has 0 aromatic heterocycles. The number of carbonyl (C=O) groups is 2. The van der Waals surface area contributed by atoms with Crippen molar-refractivity contribution >= 4 is 23.3 Å². The van der Waals surface area contributed by atoms with Crippen LogP contribution in [-0.2, 0) is 9.53 Å². The summed E-state index contributed by atoms with van der Waals surface area (Å²) >= 11 is 0. The van der Waals surface area contributed by atoms with E-state index in [2.05, 4.69) is 5.32 Å². The van der Waals surface area contributed by atoms with Crippen LogP contribution in [0.15, 0.2) is 42.5 Å². The number of hydrogen-bond acceptors (Lipinski definition) is 6. The molecular weight excluding hydrogens is 370 g/mol. The molecule has 0 aliphatic carbocycles. The zero-order chi connectivity index (χ0) is 21.2. The van der Waals surface area contributed by atoms with E-state index in [-0.39, 0.29) is 31.7 Å². The first kappa shape index (κ1) is 21.9. The molecule has 7 nitrogen and oxygen atoms in total. The summed E-state index contributed by atoms with van der Waals surface area (Å²) in [5.74, 6) is -1.04. The average molecular weight is 395 g/mol. The number of carbonyl (C=O) groups excluding carboxylic acids is 2. The highest BCUT2D eigenvalue weighted by Crippen LogP contribution is 2.20. The lowest BCUT2D eigenvalue weighted by atomic mass is 10.1. The van der Waals surface area contributed by atoms with Crippen LogP contribution < -0.4 is 10.2 Å². The van der Waals surface area contributed by atoms with Crippen LogP contribution in [-0.4, -0.2) is 43.3 Å². The van der Waals surface area contributed by atoms with E-state index in [4.69, 9.17) is 15.1 Å². The van der Waals surface area contributed by atoms with Crippen molar-refractivity contribution in [2.45, 2.75) is 20.3 Å². The predicted molar refractivity (Wildman–Crippen MR) is 111 cm³/mol. The molecule has 0 unspecified atom stereocenters. The highest BCUT2D eigenvalue weighted by Gasteiger charge is 2.20. The van der Waals surface area contributed by atoms with Gasteiger partial charge >= 0.3 is 5.97 Å². The van der Waals surface area contributed by atoms with Crippen LogP contribution in [0, 0.1) is 25.2 Å². The normalized spacial score (nSPS) is 10.1. The van der Waals surface area contributed by atoms with Crippen molar-refractivity contribution in [2.24, 2.45) is 0 Å². The molecule has 0 radical (unpaired) electrons. The number of amides is 1. The van der Waals surface area contributed by atoms with Crippen LogP contribution >= 0.6 is 0 Å². The topological polar surface area (TPSA) is 103 Å². The third-order valence-electron chi connectivity index (χ3n) is 4.17. The number of para-hydroxylation sites is 1. The lowest BCUT2D eigenvalue weighted by molar-refractivity contribution is -0.121. The van der Waals surface area contributed by atoms with Gasteiger partial charge in [0.25, 0.3) is 5.91 Å². The number of hydrogen-bond donors (Lipinski definition) is 2. The molecule has 2 aromatic carbocycles. The summed E-state index contributed by atoms with van der Waals surface area (Å²) in [5, 5.41) is 20.8. The van der Waals surface area contributed by atoms with E-state index in [9.17, 15) is 9.59 Å². The van der Waals surface area contributed by atoms with E-state index in [1.165, 1.54) is 4.90 Å². The fourth-order valence-corrected chi connectivity index (χ4v) is 2.95. The Morgan fingerprint density at radius 3 is 2.52 bits per heavy atom. The minimum absolute atomic E-state index is 0.0777. The van der Waals surface area contributed by atoms with Gasteiger partial charge in [0.2, 0.25) is 0 Å². The summed E-state index contributed by atoms with van der Waals surface area (Å²) in [6.45, 7) is 3.85. The van der Waals surface area contributed by atoms with Crippen molar-refractivity contribution in [3.05, 3.63) is 59.2 Å². The first-order valence-electron chi connectivity index (χ1n) is 9.32. The van der Waals surface area contributed by atoms with Gasteiger partial charge in [0.05, 0.1) is 24.7 Å². The van der Waals surface area contributed by atoms with Gasteiger partial charge in [-0.3, -0.25) is 4.79 Å². The fraction of sp³-hybridized carbons (Fsp3) is 0.318. The number of ether oxygens (including phenoxy) is 1. The largest absolute Gasteiger partial charge is 0.452 e. The Morgan fingerprint density at radius 2 is 1.86 bits per heavy atom. The van der Waals surface area contributed by atoms with Crippen LogP contribution in [0.4, 0.5) is 11.4 Å². The van der Waals surface area contributed by atoms with Crippen LogP contribution in [0.25, 0.3) is 0 Å². The summed E-state index contributed by atoms with van der Waals surface area (Å²) in [5.41, 5.74) is 3.47. The van der Waals surface area contributed by atoms with E-state index in [0.29, 0.717) is 11.4 Å². The number of rotatable bonds is 9. The standard InChI is InChI=1S/C22H25N3O4/c1-16-12-17(2)14-18(13-16)25(10-5-8-23)21(27)15-29-22(28)19-6-3-4-7-20(19)24-9-11-26/h3-4,6-7,12-14,24,26H,5,9-11,15H2,1-2H3. The van der Waals surface area contributed by atoms with Gasteiger partial charge in [-0.1, -0.05) is 18.2 Å². The summed E-state index contributed by atoms with van der Waals surface area (Å²) in [6.07, 6.45) is 0.167. The Morgan fingerprint density at radius 1 is 1.17 bits per heavy atom. The molecule has 1 amide bonds. The Labute approximate surface area is 170 Å². The van der Waals surface area contributed by atoms with Crippen molar-refractivity contribution < 1.29 is 19.4 Å². The molecule has 152 valence electrons. The second-order valence-corrected chi connectivity index (χ2v) is 6.57. The Balaban J connectivity index is 2.12. The van der Waals surface area contributed by atoms with Gasteiger partial charge in [-0.05, 0) is 49.2 Å². The fourth-order valence-electron chi connectivity index (χ4n) is 2.95. The smallest absolute Gasteiger partial charge is 0.340 e. The van der Waals surface area contributed by atoms with Gasteiger partial charge in [-0.25, -0.2) is 4.79 Å². The number of benzene rings is 2. The zero-order valence-corrected chi connectivity index (χ0v) is 16.6. The zero-order valence-electron chi connectivity index (χ0n) is 16.6.